The maximum Gasteiger partial charge on any atom is 0.0605 e. The fraction of sp³-hybridized carbons (Fsp3) is 1.00. The second-order valence-electron chi connectivity index (χ2n) is 3.47. The number of nitrogens with two attached hydrogens (primary N) is 1. The van der Waals surface area contributed by atoms with Gasteiger partial charge in [0.15, 0.2) is 0 Å². The van der Waals surface area contributed by atoms with Crippen LogP contribution in [0.5, 0.6) is 0 Å². The average molecular weight is 187 g/mol. The molecule has 0 bridgehead atoms. The van der Waals surface area contributed by atoms with Crippen LogP contribution >= 0.6 is 0 Å². The lowest BCUT2D eigenvalue weighted by Gasteiger charge is -2.26. The van der Waals surface area contributed by atoms with Crippen LogP contribution in [0.2, 0.25) is 0 Å². The number of nitrogens with zero attached hydrogens (tertiary/aromatic N) is 1. The molecule has 78 valence electrons. The summed E-state index contributed by atoms with van der Waals surface area (Å²) in [5, 5.41) is 0. The summed E-state index contributed by atoms with van der Waals surface area (Å²) in [4.78, 5) is 2.47. The molecule has 4 nitrogen and oxygen atoms in total. The highest BCUT2D eigenvalue weighted by Gasteiger charge is 2.08. The van der Waals surface area contributed by atoms with Crippen molar-refractivity contribution in [2.45, 2.75) is 19.3 Å². The summed E-state index contributed by atoms with van der Waals surface area (Å²) in [7, 11) is 0. The molecule has 0 aromatic heterocycles. The van der Waals surface area contributed by atoms with Crippen LogP contribution in [-0.4, -0.2) is 44.3 Å². The van der Waals surface area contributed by atoms with Crippen LogP contribution in [0.3, 0.4) is 0 Å². The highest BCUT2D eigenvalue weighted by Crippen LogP contribution is 2.07. The molecule has 1 heterocycles. The van der Waals surface area contributed by atoms with Crippen molar-refractivity contribution in [2.24, 2.45) is 5.84 Å². The zero-order chi connectivity index (χ0) is 9.36. The molecule has 13 heavy (non-hydrogen) atoms. The van der Waals surface area contributed by atoms with E-state index >= 15 is 0 Å². The minimum absolute atomic E-state index is 0.713. The Balaban J connectivity index is 1.86. The minimum atomic E-state index is 0.713. The van der Waals surface area contributed by atoms with E-state index < -0.39 is 0 Å². The van der Waals surface area contributed by atoms with Crippen LogP contribution in [0.4, 0.5) is 0 Å². The third-order valence-electron chi connectivity index (χ3n) is 2.39. The summed E-state index contributed by atoms with van der Waals surface area (Å²) < 4.78 is 5.39. The summed E-state index contributed by atoms with van der Waals surface area (Å²) in [5.74, 6) is 5.11. The standard InChI is InChI=1S/C9H21N3O/c10-11-4-8-13-9-7-12-5-2-1-3-6-12/h11H,1-10H2. The van der Waals surface area contributed by atoms with Gasteiger partial charge >= 0.3 is 0 Å². The van der Waals surface area contributed by atoms with Gasteiger partial charge in [0.25, 0.3) is 0 Å². The molecular weight excluding hydrogens is 166 g/mol. The van der Waals surface area contributed by atoms with Crippen molar-refractivity contribution in [3.63, 3.8) is 0 Å². The van der Waals surface area contributed by atoms with Gasteiger partial charge in [-0.25, -0.2) is 0 Å². The van der Waals surface area contributed by atoms with Crippen molar-refractivity contribution in [3.05, 3.63) is 0 Å². The maximum absolute atomic E-state index is 5.39. The smallest absolute Gasteiger partial charge is 0.0605 e. The first-order valence-electron chi connectivity index (χ1n) is 5.17. The topological polar surface area (TPSA) is 50.5 Å². The summed E-state index contributed by atoms with van der Waals surface area (Å²) in [6.45, 7) is 5.85. The van der Waals surface area contributed by atoms with Gasteiger partial charge in [-0.05, 0) is 25.9 Å². The second-order valence-corrected chi connectivity index (χ2v) is 3.47. The normalized spacial score (nSPS) is 19.2. The predicted octanol–water partition coefficient (Wildman–Crippen LogP) is -0.0478. The van der Waals surface area contributed by atoms with Crippen molar-refractivity contribution in [3.8, 4) is 0 Å². The Bertz CT molecular complexity index is 115. The van der Waals surface area contributed by atoms with Crippen molar-refractivity contribution in [2.75, 3.05) is 39.4 Å². The number of piperidine rings is 1. The highest BCUT2D eigenvalue weighted by atomic mass is 16.5. The van der Waals surface area contributed by atoms with Crippen LogP contribution in [0.15, 0.2) is 0 Å². The van der Waals surface area contributed by atoms with Gasteiger partial charge in [0, 0.05) is 13.1 Å². The Labute approximate surface area is 80.4 Å². The number of hydrazine groups is 1. The maximum atomic E-state index is 5.39. The van der Waals surface area contributed by atoms with Gasteiger partial charge < -0.3 is 9.64 Å². The molecule has 0 saturated carbocycles. The minimum Gasteiger partial charge on any atom is -0.379 e. The van der Waals surface area contributed by atoms with Crippen molar-refractivity contribution < 1.29 is 4.74 Å². The highest BCUT2D eigenvalue weighted by molar-refractivity contribution is 4.63. The van der Waals surface area contributed by atoms with Gasteiger partial charge in [-0.15, -0.1) is 0 Å². The molecule has 0 aromatic carbocycles. The van der Waals surface area contributed by atoms with Crippen molar-refractivity contribution in [1.29, 1.82) is 0 Å². The van der Waals surface area contributed by atoms with Gasteiger partial charge in [0.1, 0.15) is 0 Å². The molecule has 0 amide bonds. The monoisotopic (exact) mass is 187 g/mol. The summed E-state index contributed by atoms with van der Waals surface area (Å²) in [5.41, 5.74) is 2.57. The second kappa shape index (κ2) is 7.26. The van der Waals surface area contributed by atoms with Crippen LogP contribution in [-0.2, 0) is 4.74 Å². The third kappa shape index (κ3) is 5.21. The Morgan fingerprint density at radius 3 is 2.62 bits per heavy atom. The van der Waals surface area contributed by atoms with E-state index in [0.717, 1.165) is 19.7 Å². The van der Waals surface area contributed by atoms with Gasteiger partial charge in [-0.2, -0.15) is 0 Å². The molecule has 1 aliphatic heterocycles. The third-order valence-corrected chi connectivity index (χ3v) is 2.39. The molecule has 0 unspecified atom stereocenters. The predicted molar refractivity (Wildman–Crippen MR) is 53.3 cm³/mol. The molecule has 1 rings (SSSR count). The van der Waals surface area contributed by atoms with Gasteiger partial charge in [-0.3, -0.25) is 11.3 Å². The van der Waals surface area contributed by atoms with Gasteiger partial charge in [0.2, 0.25) is 0 Å². The Morgan fingerprint density at radius 1 is 1.15 bits per heavy atom. The molecule has 0 aromatic rings. The molecule has 1 aliphatic rings. The lowest BCUT2D eigenvalue weighted by atomic mass is 10.1. The molecule has 3 N–H and O–H groups in total. The molecule has 0 atom stereocenters. The van der Waals surface area contributed by atoms with E-state index in [1.165, 1.54) is 32.4 Å². The van der Waals surface area contributed by atoms with E-state index in [2.05, 4.69) is 10.3 Å². The van der Waals surface area contributed by atoms with Gasteiger partial charge in [0.05, 0.1) is 13.2 Å². The van der Waals surface area contributed by atoms with E-state index in [1.54, 1.807) is 0 Å². The lowest BCUT2D eigenvalue weighted by molar-refractivity contribution is 0.0980. The SMILES string of the molecule is NNCCOCCN1CCCCC1. The summed E-state index contributed by atoms with van der Waals surface area (Å²) >= 11 is 0. The van der Waals surface area contributed by atoms with E-state index in [0.29, 0.717) is 6.61 Å². The fourth-order valence-corrected chi connectivity index (χ4v) is 1.61. The Kier molecular flexibility index (Phi) is 6.10. The number of nitrogens with one attached hydrogen (secondary N) is 1. The van der Waals surface area contributed by atoms with E-state index in [4.69, 9.17) is 10.6 Å². The number of ether oxygens (including phenoxy) is 1. The molecule has 1 saturated heterocycles. The van der Waals surface area contributed by atoms with Crippen LogP contribution in [0, 0.1) is 0 Å². The number of likely N-dealkylation sites (tertiary alicyclic amines) is 1. The van der Waals surface area contributed by atoms with Crippen LogP contribution in [0.1, 0.15) is 19.3 Å². The summed E-state index contributed by atoms with van der Waals surface area (Å²) in [6, 6.07) is 0. The first-order valence-corrected chi connectivity index (χ1v) is 5.17. The summed E-state index contributed by atoms with van der Waals surface area (Å²) in [6.07, 6.45) is 4.10. The zero-order valence-electron chi connectivity index (χ0n) is 8.30. The van der Waals surface area contributed by atoms with E-state index in [9.17, 15) is 0 Å². The van der Waals surface area contributed by atoms with Gasteiger partial charge in [-0.1, -0.05) is 6.42 Å². The molecule has 1 fully saturated rings. The first-order chi connectivity index (χ1) is 6.43. The Hall–Kier alpha value is -0.160. The average Bonchev–Trinajstić information content (AvgIpc) is 2.19. The number of rotatable bonds is 6. The molecular formula is C9H21N3O. The largest absolute Gasteiger partial charge is 0.379 e. The number of hydrogen-bond donors (Lipinski definition) is 2. The molecule has 0 aliphatic carbocycles. The van der Waals surface area contributed by atoms with Crippen LogP contribution in [0.25, 0.3) is 0 Å². The quantitative estimate of drug-likeness (QED) is 0.348. The van der Waals surface area contributed by atoms with Crippen molar-refractivity contribution in [1.82, 2.24) is 10.3 Å². The molecule has 0 radical (unpaired) electrons. The molecule has 4 heteroatoms. The molecule has 0 spiro atoms. The first kappa shape index (κ1) is 10.9. The van der Waals surface area contributed by atoms with Crippen molar-refractivity contribution >= 4 is 0 Å². The lowest BCUT2D eigenvalue weighted by Crippen LogP contribution is -2.33. The van der Waals surface area contributed by atoms with E-state index in [-0.39, 0.29) is 0 Å². The Morgan fingerprint density at radius 2 is 1.92 bits per heavy atom. The van der Waals surface area contributed by atoms with E-state index in [1.807, 2.05) is 0 Å². The fourth-order valence-electron chi connectivity index (χ4n) is 1.61. The zero-order valence-corrected chi connectivity index (χ0v) is 8.30. The number of hydrogen-bond acceptors (Lipinski definition) is 4. The van der Waals surface area contributed by atoms with Crippen LogP contribution < -0.4 is 11.3 Å².